The van der Waals surface area contributed by atoms with Crippen molar-refractivity contribution in [1.82, 2.24) is 20.2 Å². The van der Waals surface area contributed by atoms with Crippen LogP contribution in [0.5, 0.6) is 0 Å². The van der Waals surface area contributed by atoms with E-state index in [1.807, 2.05) is 24.3 Å². The summed E-state index contributed by atoms with van der Waals surface area (Å²) < 4.78 is 0. The van der Waals surface area contributed by atoms with Crippen molar-refractivity contribution in [3.63, 3.8) is 0 Å². The van der Waals surface area contributed by atoms with Gasteiger partial charge in [-0.2, -0.15) is 10.2 Å². The molecular formula is C12H8N4. The lowest BCUT2D eigenvalue weighted by Crippen LogP contribution is -1.91. The summed E-state index contributed by atoms with van der Waals surface area (Å²) in [5.74, 6) is 0.675. The van der Waals surface area contributed by atoms with E-state index in [4.69, 9.17) is 0 Å². The molecule has 2 aromatic heterocycles. The zero-order chi connectivity index (χ0) is 10.8. The average molecular weight is 208 g/mol. The summed E-state index contributed by atoms with van der Waals surface area (Å²) in [5, 5.41) is 9.04. The van der Waals surface area contributed by atoms with E-state index in [0.717, 1.165) is 16.5 Å². The first kappa shape index (κ1) is 8.91. The van der Waals surface area contributed by atoms with Gasteiger partial charge in [-0.1, -0.05) is 18.2 Å². The summed E-state index contributed by atoms with van der Waals surface area (Å²) >= 11 is 0. The first-order valence-corrected chi connectivity index (χ1v) is 4.93. The molecule has 0 N–H and O–H groups in total. The van der Waals surface area contributed by atoms with Crippen LogP contribution in [-0.4, -0.2) is 20.2 Å². The van der Waals surface area contributed by atoms with Gasteiger partial charge in [0.15, 0.2) is 5.82 Å². The standard InChI is InChI=1S/C12H8N4/c1-2-5-11-9(4-1)10(8-15-16-11)12-13-6-3-7-14-12/h1-8H. The molecule has 0 spiro atoms. The van der Waals surface area contributed by atoms with Crippen molar-refractivity contribution in [3.8, 4) is 11.4 Å². The predicted octanol–water partition coefficient (Wildman–Crippen LogP) is 2.09. The molecular weight excluding hydrogens is 200 g/mol. The van der Waals surface area contributed by atoms with E-state index < -0.39 is 0 Å². The summed E-state index contributed by atoms with van der Waals surface area (Å²) in [6.45, 7) is 0. The normalized spacial score (nSPS) is 10.5. The van der Waals surface area contributed by atoms with E-state index in [0.29, 0.717) is 5.82 Å². The molecule has 4 heteroatoms. The molecule has 76 valence electrons. The minimum Gasteiger partial charge on any atom is -0.237 e. The lowest BCUT2D eigenvalue weighted by Gasteiger charge is -2.02. The molecule has 3 rings (SSSR count). The van der Waals surface area contributed by atoms with E-state index in [-0.39, 0.29) is 0 Å². The van der Waals surface area contributed by atoms with E-state index in [1.165, 1.54) is 0 Å². The fourth-order valence-corrected chi connectivity index (χ4v) is 1.62. The zero-order valence-corrected chi connectivity index (χ0v) is 8.41. The molecule has 0 saturated heterocycles. The second-order valence-electron chi connectivity index (χ2n) is 3.35. The Kier molecular flexibility index (Phi) is 2.04. The van der Waals surface area contributed by atoms with E-state index >= 15 is 0 Å². The molecule has 3 aromatic rings. The maximum Gasteiger partial charge on any atom is 0.161 e. The molecule has 0 atom stereocenters. The highest BCUT2D eigenvalue weighted by Crippen LogP contribution is 2.22. The van der Waals surface area contributed by atoms with Crippen LogP contribution in [0.2, 0.25) is 0 Å². The topological polar surface area (TPSA) is 51.6 Å². The summed E-state index contributed by atoms with van der Waals surface area (Å²) in [5.41, 5.74) is 1.76. The first-order chi connectivity index (χ1) is 7.95. The summed E-state index contributed by atoms with van der Waals surface area (Å²) in [4.78, 5) is 8.44. The number of fused-ring (bicyclic) bond motifs is 1. The van der Waals surface area contributed by atoms with Crippen molar-refractivity contribution >= 4 is 10.9 Å². The Hall–Kier alpha value is -2.36. The fourth-order valence-electron chi connectivity index (χ4n) is 1.62. The highest BCUT2D eigenvalue weighted by molar-refractivity contribution is 5.91. The summed E-state index contributed by atoms with van der Waals surface area (Å²) in [6, 6.07) is 9.62. The van der Waals surface area contributed by atoms with Gasteiger partial charge in [-0.05, 0) is 12.1 Å². The molecule has 1 aromatic carbocycles. The van der Waals surface area contributed by atoms with Crippen molar-refractivity contribution in [2.24, 2.45) is 0 Å². The zero-order valence-electron chi connectivity index (χ0n) is 8.41. The molecule has 0 saturated carbocycles. The minimum absolute atomic E-state index is 0.675. The third-order valence-corrected chi connectivity index (χ3v) is 2.35. The smallest absolute Gasteiger partial charge is 0.161 e. The highest BCUT2D eigenvalue weighted by atomic mass is 15.1. The van der Waals surface area contributed by atoms with Crippen LogP contribution < -0.4 is 0 Å². The number of nitrogens with zero attached hydrogens (tertiary/aromatic N) is 4. The number of hydrogen-bond acceptors (Lipinski definition) is 4. The first-order valence-electron chi connectivity index (χ1n) is 4.93. The lowest BCUT2D eigenvalue weighted by molar-refractivity contribution is 1.07. The van der Waals surface area contributed by atoms with Gasteiger partial charge in [0.25, 0.3) is 0 Å². The van der Waals surface area contributed by atoms with Crippen LogP contribution in [-0.2, 0) is 0 Å². The molecule has 0 radical (unpaired) electrons. The Bertz CT molecular complexity index is 617. The molecule has 0 aliphatic carbocycles. The van der Waals surface area contributed by atoms with E-state index in [2.05, 4.69) is 20.2 Å². The monoisotopic (exact) mass is 208 g/mol. The molecule has 0 fully saturated rings. The van der Waals surface area contributed by atoms with Crippen LogP contribution in [0.25, 0.3) is 22.3 Å². The van der Waals surface area contributed by atoms with Crippen molar-refractivity contribution in [2.75, 3.05) is 0 Å². The number of aromatic nitrogens is 4. The molecule has 4 nitrogen and oxygen atoms in total. The van der Waals surface area contributed by atoms with Gasteiger partial charge in [0, 0.05) is 23.3 Å². The Morgan fingerprint density at radius 3 is 2.56 bits per heavy atom. The molecule has 0 aliphatic heterocycles. The molecule has 0 unspecified atom stereocenters. The van der Waals surface area contributed by atoms with Gasteiger partial charge in [-0.3, -0.25) is 0 Å². The summed E-state index contributed by atoms with van der Waals surface area (Å²) in [6.07, 6.45) is 5.13. The number of hydrogen-bond donors (Lipinski definition) is 0. The number of rotatable bonds is 1. The second-order valence-corrected chi connectivity index (χ2v) is 3.35. The van der Waals surface area contributed by atoms with Crippen LogP contribution in [0.3, 0.4) is 0 Å². The van der Waals surface area contributed by atoms with Gasteiger partial charge in [0.05, 0.1) is 11.7 Å². The largest absolute Gasteiger partial charge is 0.237 e. The predicted molar refractivity (Wildman–Crippen MR) is 60.6 cm³/mol. The van der Waals surface area contributed by atoms with Crippen LogP contribution >= 0.6 is 0 Å². The van der Waals surface area contributed by atoms with Crippen LogP contribution in [0.1, 0.15) is 0 Å². The van der Waals surface area contributed by atoms with Gasteiger partial charge in [0.2, 0.25) is 0 Å². The Morgan fingerprint density at radius 2 is 1.69 bits per heavy atom. The highest BCUT2D eigenvalue weighted by Gasteiger charge is 2.06. The van der Waals surface area contributed by atoms with Crippen LogP contribution in [0, 0.1) is 0 Å². The van der Waals surface area contributed by atoms with Gasteiger partial charge in [-0.15, -0.1) is 0 Å². The Labute approximate surface area is 92.0 Å². The lowest BCUT2D eigenvalue weighted by atomic mass is 10.1. The van der Waals surface area contributed by atoms with Gasteiger partial charge < -0.3 is 0 Å². The summed E-state index contributed by atoms with van der Waals surface area (Å²) in [7, 11) is 0. The van der Waals surface area contributed by atoms with Gasteiger partial charge in [-0.25, -0.2) is 9.97 Å². The maximum absolute atomic E-state index is 4.22. The third kappa shape index (κ3) is 1.40. The molecule has 2 heterocycles. The van der Waals surface area contributed by atoms with Gasteiger partial charge in [0.1, 0.15) is 0 Å². The van der Waals surface area contributed by atoms with Crippen molar-refractivity contribution < 1.29 is 0 Å². The second kappa shape index (κ2) is 3.66. The van der Waals surface area contributed by atoms with Crippen molar-refractivity contribution in [2.45, 2.75) is 0 Å². The average Bonchev–Trinajstić information content (AvgIpc) is 2.39. The SMILES string of the molecule is c1cnc(-c2cnnc3ccccc23)nc1. The van der Waals surface area contributed by atoms with Gasteiger partial charge >= 0.3 is 0 Å². The van der Waals surface area contributed by atoms with E-state index in [9.17, 15) is 0 Å². The fraction of sp³-hybridized carbons (Fsp3) is 0. The molecule has 0 aliphatic rings. The van der Waals surface area contributed by atoms with Crippen molar-refractivity contribution in [3.05, 3.63) is 48.9 Å². The Morgan fingerprint density at radius 1 is 0.875 bits per heavy atom. The number of benzene rings is 1. The minimum atomic E-state index is 0.675. The quantitative estimate of drug-likeness (QED) is 0.614. The maximum atomic E-state index is 4.22. The molecule has 0 bridgehead atoms. The Balaban J connectivity index is 2.32. The van der Waals surface area contributed by atoms with Crippen LogP contribution in [0.15, 0.2) is 48.9 Å². The van der Waals surface area contributed by atoms with Crippen LogP contribution in [0.4, 0.5) is 0 Å². The third-order valence-electron chi connectivity index (χ3n) is 2.35. The van der Waals surface area contributed by atoms with E-state index in [1.54, 1.807) is 24.7 Å². The molecule has 16 heavy (non-hydrogen) atoms. The van der Waals surface area contributed by atoms with Crippen molar-refractivity contribution in [1.29, 1.82) is 0 Å². The molecule has 0 amide bonds.